The van der Waals surface area contributed by atoms with E-state index in [1.807, 2.05) is 35.8 Å². The SMILES string of the molecule is Cc1cc(N2C(=O)NC(=O)/C(=C\c3cn(Cc4ccccc4F)c4ccccc34)C2=O)ccc1Br. The molecule has 1 aliphatic rings. The summed E-state index contributed by atoms with van der Waals surface area (Å²) in [7, 11) is 0. The van der Waals surface area contributed by atoms with Gasteiger partial charge in [-0.2, -0.15) is 0 Å². The zero-order valence-electron chi connectivity index (χ0n) is 18.6. The third kappa shape index (κ3) is 4.17. The van der Waals surface area contributed by atoms with E-state index in [4.69, 9.17) is 0 Å². The number of benzene rings is 3. The first-order valence-corrected chi connectivity index (χ1v) is 11.6. The minimum absolute atomic E-state index is 0.168. The van der Waals surface area contributed by atoms with E-state index < -0.39 is 17.8 Å². The Bertz CT molecular complexity index is 1560. The third-order valence-corrected chi connectivity index (χ3v) is 6.81. The van der Waals surface area contributed by atoms with Crippen LogP contribution in [0.4, 0.5) is 14.9 Å². The minimum atomic E-state index is -0.805. The van der Waals surface area contributed by atoms with Crippen LogP contribution < -0.4 is 10.2 Å². The van der Waals surface area contributed by atoms with E-state index in [0.717, 1.165) is 25.8 Å². The van der Waals surface area contributed by atoms with Crippen LogP contribution in [-0.2, 0) is 16.1 Å². The quantitative estimate of drug-likeness (QED) is 0.276. The number of carbonyl (C=O) groups is 3. The van der Waals surface area contributed by atoms with E-state index in [0.29, 0.717) is 16.8 Å². The van der Waals surface area contributed by atoms with Crippen LogP contribution in [0.5, 0.6) is 0 Å². The van der Waals surface area contributed by atoms with Crippen molar-refractivity contribution in [2.24, 2.45) is 0 Å². The van der Waals surface area contributed by atoms with E-state index in [1.165, 1.54) is 12.1 Å². The smallest absolute Gasteiger partial charge is 0.335 e. The molecule has 0 saturated carbocycles. The summed E-state index contributed by atoms with van der Waals surface area (Å²) in [4.78, 5) is 39.5. The summed E-state index contributed by atoms with van der Waals surface area (Å²) in [6.45, 7) is 2.12. The topological polar surface area (TPSA) is 71.4 Å². The lowest BCUT2D eigenvalue weighted by molar-refractivity contribution is -0.122. The molecule has 1 fully saturated rings. The number of anilines is 1. The maximum atomic E-state index is 14.3. The first kappa shape index (κ1) is 22.7. The Hall–Kier alpha value is -4.04. The van der Waals surface area contributed by atoms with Gasteiger partial charge in [-0.1, -0.05) is 52.3 Å². The summed E-state index contributed by atoms with van der Waals surface area (Å²) < 4.78 is 17.0. The Balaban J connectivity index is 1.58. The standard InChI is InChI=1S/C27H19BrFN3O3/c1-16-12-19(10-11-22(16)28)32-26(34)21(25(33)30-27(32)35)13-18-15-31(24-9-5-3-7-20(18)24)14-17-6-2-4-8-23(17)29/h2-13,15H,14H2,1H3,(H,30,33,35)/b21-13+. The van der Waals surface area contributed by atoms with Gasteiger partial charge in [-0.25, -0.2) is 14.1 Å². The number of amides is 4. The van der Waals surface area contributed by atoms with Gasteiger partial charge in [0.05, 0.1) is 12.2 Å². The highest BCUT2D eigenvalue weighted by Crippen LogP contribution is 2.29. The van der Waals surface area contributed by atoms with Crippen LogP contribution in [-0.4, -0.2) is 22.4 Å². The average molecular weight is 532 g/mol. The van der Waals surface area contributed by atoms with Gasteiger partial charge in [-0.3, -0.25) is 14.9 Å². The van der Waals surface area contributed by atoms with Crippen LogP contribution in [0.3, 0.4) is 0 Å². The number of carbonyl (C=O) groups excluding carboxylic acids is 3. The van der Waals surface area contributed by atoms with Crippen molar-refractivity contribution in [3.8, 4) is 0 Å². The molecule has 35 heavy (non-hydrogen) atoms. The number of hydrogen-bond acceptors (Lipinski definition) is 3. The van der Waals surface area contributed by atoms with Gasteiger partial charge in [0.25, 0.3) is 11.8 Å². The summed E-state index contributed by atoms with van der Waals surface area (Å²) in [6, 6.07) is 18.2. The lowest BCUT2D eigenvalue weighted by atomic mass is 10.1. The maximum Gasteiger partial charge on any atom is 0.335 e. The second kappa shape index (κ2) is 8.96. The van der Waals surface area contributed by atoms with E-state index >= 15 is 0 Å². The van der Waals surface area contributed by atoms with E-state index in [9.17, 15) is 18.8 Å². The fourth-order valence-electron chi connectivity index (χ4n) is 4.15. The molecule has 1 N–H and O–H groups in total. The molecule has 0 radical (unpaired) electrons. The number of aromatic nitrogens is 1. The van der Waals surface area contributed by atoms with Crippen LogP contribution in [0.25, 0.3) is 17.0 Å². The normalized spacial score (nSPS) is 15.2. The van der Waals surface area contributed by atoms with Gasteiger partial charge < -0.3 is 4.57 Å². The van der Waals surface area contributed by atoms with E-state index in [2.05, 4.69) is 21.2 Å². The number of nitrogens with zero attached hydrogens (tertiary/aromatic N) is 2. The van der Waals surface area contributed by atoms with Gasteiger partial charge in [-0.05, 0) is 48.9 Å². The largest absolute Gasteiger partial charge is 0.342 e. The molecule has 0 unspecified atom stereocenters. The Kier molecular flexibility index (Phi) is 5.82. The molecular formula is C27H19BrFN3O3. The molecule has 8 heteroatoms. The number of imide groups is 2. The summed E-state index contributed by atoms with van der Waals surface area (Å²) in [5.74, 6) is -1.80. The summed E-state index contributed by atoms with van der Waals surface area (Å²) in [6.07, 6.45) is 3.25. The van der Waals surface area contributed by atoms with Gasteiger partial charge in [0.15, 0.2) is 0 Å². The van der Waals surface area contributed by atoms with Crippen molar-refractivity contribution in [2.75, 3.05) is 4.90 Å². The van der Waals surface area contributed by atoms with Gasteiger partial charge in [0.2, 0.25) is 0 Å². The third-order valence-electron chi connectivity index (χ3n) is 5.92. The van der Waals surface area contributed by atoms with Gasteiger partial charge in [0.1, 0.15) is 11.4 Å². The predicted molar refractivity (Wildman–Crippen MR) is 135 cm³/mol. The van der Waals surface area contributed by atoms with Crippen molar-refractivity contribution in [1.82, 2.24) is 9.88 Å². The Morgan fingerprint density at radius 3 is 2.51 bits per heavy atom. The maximum absolute atomic E-state index is 14.3. The molecule has 0 bridgehead atoms. The number of barbiturate groups is 1. The van der Waals surface area contributed by atoms with Crippen molar-refractivity contribution in [3.05, 3.63) is 105 Å². The van der Waals surface area contributed by atoms with Crippen LogP contribution in [0.2, 0.25) is 0 Å². The van der Waals surface area contributed by atoms with Crippen molar-refractivity contribution < 1.29 is 18.8 Å². The van der Waals surface area contributed by atoms with Crippen molar-refractivity contribution in [1.29, 1.82) is 0 Å². The molecular weight excluding hydrogens is 513 g/mol. The number of nitrogens with one attached hydrogen (secondary N) is 1. The zero-order valence-corrected chi connectivity index (χ0v) is 20.2. The first-order valence-electron chi connectivity index (χ1n) is 10.8. The van der Waals surface area contributed by atoms with Crippen LogP contribution >= 0.6 is 15.9 Å². The number of fused-ring (bicyclic) bond motifs is 1. The zero-order chi connectivity index (χ0) is 24.7. The number of aryl methyl sites for hydroxylation is 1. The molecule has 4 amide bonds. The fraction of sp³-hybridized carbons (Fsp3) is 0.0741. The second-order valence-corrected chi connectivity index (χ2v) is 9.07. The Morgan fingerprint density at radius 1 is 1.00 bits per heavy atom. The molecule has 5 rings (SSSR count). The van der Waals surface area contributed by atoms with E-state index in [-0.39, 0.29) is 17.9 Å². The van der Waals surface area contributed by atoms with Crippen LogP contribution in [0.15, 0.2) is 83.0 Å². The molecule has 3 aromatic carbocycles. The molecule has 4 aromatic rings. The number of para-hydroxylation sites is 1. The molecule has 0 spiro atoms. The lowest BCUT2D eigenvalue weighted by Gasteiger charge is -2.26. The number of halogens is 2. The summed E-state index contributed by atoms with van der Waals surface area (Å²) >= 11 is 3.41. The monoisotopic (exact) mass is 531 g/mol. The molecule has 2 heterocycles. The van der Waals surface area contributed by atoms with Crippen molar-refractivity contribution in [2.45, 2.75) is 13.5 Å². The summed E-state index contributed by atoms with van der Waals surface area (Å²) in [5, 5.41) is 3.05. The van der Waals surface area contributed by atoms with E-state index in [1.54, 1.807) is 42.6 Å². The van der Waals surface area contributed by atoms with Gasteiger partial charge >= 0.3 is 6.03 Å². The highest BCUT2D eigenvalue weighted by molar-refractivity contribution is 9.10. The second-order valence-electron chi connectivity index (χ2n) is 8.21. The predicted octanol–water partition coefficient (Wildman–Crippen LogP) is 5.57. The Morgan fingerprint density at radius 2 is 1.74 bits per heavy atom. The number of hydrogen-bond donors (Lipinski definition) is 1. The molecule has 6 nitrogen and oxygen atoms in total. The van der Waals surface area contributed by atoms with Gasteiger partial charge in [-0.15, -0.1) is 0 Å². The molecule has 174 valence electrons. The lowest BCUT2D eigenvalue weighted by Crippen LogP contribution is -2.54. The molecule has 1 aromatic heterocycles. The fourth-order valence-corrected chi connectivity index (χ4v) is 4.39. The highest BCUT2D eigenvalue weighted by Gasteiger charge is 2.37. The van der Waals surface area contributed by atoms with Gasteiger partial charge in [0, 0.05) is 32.7 Å². The molecule has 0 aliphatic carbocycles. The number of urea groups is 1. The molecule has 1 aliphatic heterocycles. The number of rotatable bonds is 4. The van der Waals surface area contributed by atoms with Crippen LogP contribution in [0.1, 0.15) is 16.7 Å². The molecule has 1 saturated heterocycles. The molecule has 0 atom stereocenters. The first-order chi connectivity index (χ1) is 16.8. The van der Waals surface area contributed by atoms with Crippen molar-refractivity contribution >= 4 is 56.4 Å². The van der Waals surface area contributed by atoms with Crippen LogP contribution in [0, 0.1) is 12.7 Å². The highest BCUT2D eigenvalue weighted by atomic mass is 79.9. The average Bonchev–Trinajstić information content (AvgIpc) is 3.17. The summed E-state index contributed by atoms with van der Waals surface area (Å²) in [5.41, 5.74) is 2.97. The minimum Gasteiger partial charge on any atom is -0.342 e. The Labute approximate surface area is 208 Å². The van der Waals surface area contributed by atoms with Crippen molar-refractivity contribution in [3.63, 3.8) is 0 Å².